The summed E-state index contributed by atoms with van der Waals surface area (Å²) in [6.45, 7) is 1.87. The second-order valence-corrected chi connectivity index (χ2v) is 8.30. The molecule has 0 aliphatic rings. The Kier molecular flexibility index (Phi) is 4.33. The molecule has 0 saturated heterocycles. The molecule has 0 fully saturated rings. The van der Waals surface area contributed by atoms with Crippen LogP contribution in [0.25, 0.3) is 11.5 Å². The molecular formula is C19H15ClN4O2S. The van der Waals surface area contributed by atoms with E-state index in [2.05, 4.69) is 10.1 Å². The van der Waals surface area contributed by atoms with Crippen molar-refractivity contribution in [3.05, 3.63) is 84.0 Å². The summed E-state index contributed by atoms with van der Waals surface area (Å²) >= 11 is 5.99. The van der Waals surface area contributed by atoms with Crippen LogP contribution in [0.1, 0.15) is 5.69 Å². The molecule has 0 bridgehead atoms. The van der Waals surface area contributed by atoms with E-state index in [9.17, 15) is 8.42 Å². The lowest BCUT2D eigenvalue weighted by Gasteiger charge is -2.08. The maximum absolute atomic E-state index is 12.8. The molecule has 3 aromatic heterocycles. The number of halogens is 1. The Morgan fingerprint density at radius 1 is 1.00 bits per heavy atom. The Balaban J connectivity index is 1.79. The van der Waals surface area contributed by atoms with Crippen molar-refractivity contribution in [2.75, 3.05) is 0 Å². The van der Waals surface area contributed by atoms with E-state index in [4.69, 9.17) is 11.6 Å². The number of aromatic nitrogens is 4. The van der Waals surface area contributed by atoms with E-state index in [1.165, 1.54) is 0 Å². The van der Waals surface area contributed by atoms with E-state index in [1.807, 2.05) is 13.0 Å². The monoisotopic (exact) mass is 398 g/mol. The highest BCUT2D eigenvalue weighted by atomic mass is 35.5. The number of nitrogens with zero attached hydrogens (tertiary/aromatic N) is 4. The molecule has 8 heteroatoms. The Labute approximate surface area is 161 Å². The summed E-state index contributed by atoms with van der Waals surface area (Å²) in [5.41, 5.74) is 1.53. The molecule has 0 amide bonds. The fourth-order valence-electron chi connectivity index (χ4n) is 2.80. The average Bonchev–Trinajstić information content (AvgIpc) is 3.29. The molecule has 0 aliphatic heterocycles. The Morgan fingerprint density at radius 2 is 1.78 bits per heavy atom. The molecule has 3 heterocycles. The number of sulfone groups is 1. The topological polar surface area (TPSA) is 69.8 Å². The molecule has 0 aliphatic carbocycles. The van der Waals surface area contributed by atoms with Gasteiger partial charge in [-0.25, -0.2) is 18.1 Å². The molecule has 1 aromatic carbocycles. The van der Waals surface area contributed by atoms with Gasteiger partial charge >= 0.3 is 0 Å². The van der Waals surface area contributed by atoms with Crippen molar-refractivity contribution in [3.8, 4) is 11.5 Å². The van der Waals surface area contributed by atoms with E-state index in [0.717, 1.165) is 11.4 Å². The molecule has 4 rings (SSSR count). The number of benzene rings is 1. The summed E-state index contributed by atoms with van der Waals surface area (Å²) in [6, 6.07) is 15.3. The Morgan fingerprint density at radius 3 is 2.52 bits per heavy atom. The fraction of sp³-hybridized carbons (Fsp3) is 0.0526. The van der Waals surface area contributed by atoms with Gasteiger partial charge in [0, 0.05) is 30.7 Å². The first kappa shape index (κ1) is 17.5. The largest absolute Gasteiger partial charge is 0.307 e. The minimum Gasteiger partial charge on any atom is -0.307 e. The fourth-order valence-corrected chi connectivity index (χ4v) is 4.25. The summed E-state index contributed by atoms with van der Waals surface area (Å²) in [5, 5.41) is 4.84. The van der Waals surface area contributed by atoms with Gasteiger partial charge in [-0.3, -0.25) is 0 Å². The number of hydrogen-bond acceptors (Lipinski definition) is 4. The van der Waals surface area contributed by atoms with Crippen LogP contribution in [0.5, 0.6) is 0 Å². The van der Waals surface area contributed by atoms with Gasteiger partial charge in [-0.05, 0) is 31.2 Å². The Bertz CT molecular complexity index is 1210. The smallest absolute Gasteiger partial charge is 0.208 e. The van der Waals surface area contributed by atoms with Crippen LogP contribution in [-0.2, 0) is 9.84 Å². The highest BCUT2D eigenvalue weighted by molar-refractivity contribution is 7.91. The molecular weight excluding hydrogens is 384 g/mol. The van der Waals surface area contributed by atoms with Crippen LogP contribution >= 0.6 is 11.6 Å². The summed E-state index contributed by atoms with van der Waals surface area (Å²) in [4.78, 5) is 4.46. The molecule has 0 N–H and O–H groups in total. The number of rotatable bonds is 4. The van der Waals surface area contributed by atoms with Crippen molar-refractivity contribution in [2.45, 2.75) is 16.7 Å². The van der Waals surface area contributed by atoms with Crippen LogP contribution < -0.4 is 0 Å². The summed E-state index contributed by atoms with van der Waals surface area (Å²) in [6.07, 6.45) is 4.88. The summed E-state index contributed by atoms with van der Waals surface area (Å²) in [5.74, 6) is 0.698. The van der Waals surface area contributed by atoms with Crippen molar-refractivity contribution in [1.29, 1.82) is 0 Å². The van der Waals surface area contributed by atoms with Crippen LogP contribution in [-0.4, -0.2) is 27.7 Å². The lowest BCUT2D eigenvalue weighted by atomic mass is 10.4. The van der Waals surface area contributed by atoms with Gasteiger partial charge in [-0.2, -0.15) is 5.10 Å². The first-order chi connectivity index (χ1) is 12.9. The van der Waals surface area contributed by atoms with Crippen molar-refractivity contribution in [3.63, 3.8) is 0 Å². The van der Waals surface area contributed by atoms with Crippen molar-refractivity contribution in [2.24, 2.45) is 0 Å². The van der Waals surface area contributed by atoms with E-state index in [0.29, 0.717) is 11.0 Å². The van der Waals surface area contributed by atoms with Crippen LogP contribution in [0.2, 0.25) is 5.15 Å². The van der Waals surface area contributed by atoms with Crippen LogP contribution in [0.3, 0.4) is 0 Å². The zero-order valence-corrected chi connectivity index (χ0v) is 15.9. The van der Waals surface area contributed by atoms with Gasteiger partial charge in [0.25, 0.3) is 0 Å². The molecule has 0 saturated carbocycles. The van der Waals surface area contributed by atoms with Gasteiger partial charge in [-0.1, -0.05) is 29.8 Å². The standard InChI is InChI=1S/C19H15ClN4O2S/c1-14-11-19(24(22-14)15-7-9-21-18(20)12-15)23-10-8-17(13-23)27(25,26)16-5-3-2-4-6-16/h2-13H,1H3. The van der Waals surface area contributed by atoms with Gasteiger partial charge in [0.1, 0.15) is 11.0 Å². The first-order valence-electron chi connectivity index (χ1n) is 8.12. The Hall–Kier alpha value is -2.90. The van der Waals surface area contributed by atoms with Crippen molar-refractivity contribution >= 4 is 21.4 Å². The molecule has 0 unspecified atom stereocenters. The minimum absolute atomic E-state index is 0.215. The molecule has 0 atom stereocenters. The van der Waals surface area contributed by atoms with Gasteiger partial charge in [0.2, 0.25) is 9.84 Å². The maximum atomic E-state index is 12.8. The van der Waals surface area contributed by atoms with Crippen molar-refractivity contribution in [1.82, 2.24) is 19.3 Å². The first-order valence-corrected chi connectivity index (χ1v) is 9.98. The molecule has 0 radical (unpaired) electrons. The van der Waals surface area contributed by atoms with Crippen molar-refractivity contribution < 1.29 is 8.42 Å². The van der Waals surface area contributed by atoms with Gasteiger partial charge < -0.3 is 4.57 Å². The quantitative estimate of drug-likeness (QED) is 0.489. The zero-order valence-electron chi connectivity index (χ0n) is 14.3. The predicted octanol–water partition coefficient (Wildman–Crippen LogP) is 3.85. The lowest BCUT2D eigenvalue weighted by Crippen LogP contribution is -2.05. The van der Waals surface area contributed by atoms with Gasteiger partial charge in [0.05, 0.1) is 21.2 Å². The third-order valence-electron chi connectivity index (χ3n) is 4.06. The highest BCUT2D eigenvalue weighted by Gasteiger charge is 2.20. The van der Waals surface area contributed by atoms with Crippen LogP contribution in [0, 0.1) is 6.92 Å². The zero-order chi connectivity index (χ0) is 19.0. The lowest BCUT2D eigenvalue weighted by molar-refractivity contribution is 0.596. The second kappa shape index (κ2) is 6.68. The minimum atomic E-state index is -3.59. The third kappa shape index (κ3) is 3.27. The molecule has 4 aromatic rings. The number of hydrogen-bond donors (Lipinski definition) is 0. The second-order valence-electron chi connectivity index (χ2n) is 5.96. The molecule has 0 spiro atoms. The molecule has 136 valence electrons. The molecule has 27 heavy (non-hydrogen) atoms. The third-order valence-corrected chi connectivity index (χ3v) is 6.02. The van der Waals surface area contributed by atoms with E-state index in [1.54, 1.807) is 76.4 Å². The summed E-state index contributed by atoms with van der Waals surface area (Å²) < 4.78 is 29.1. The van der Waals surface area contributed by atoms with Gasteiger partial charge in [-0.15, -0.1) is 0 Å². The number of pyridine rings is 1. The normalized spacial score (nSPS) is 11.6. The summed E-state index contributed by atoms with van der Waals surface area (Å²) in [7, 11) is -3.59. The average molecular weight is 399 g/mol. The van der Waals surface area contributed by atoms with Gasteiger partial charge in [0.15, 0.2) is 0 Å². The van der Waals surface area contributed by atoms with E-state index < -0.39 is 9.84 Å². The maximum Gasteiger partial charge on any atom is 0.208 e. The molecule has 6 nitrogen and oxygen atoms in total. The number of aryl methyl sites for hydroxylation is 1. The van der Waals surface area contributed by atoms with Crippen LogP contribution in [0.4, 0.5) is 0 Å². The van der Waals surface area contributed by atoms with E-state index >= 15 is 0 Å². The predicted molar refractivity (Wildman–Crippen MR) is 102 cm³/mol. The highest BCUT2D eigenvalue weighted by Crippen LogP contribution is 2.24. The SMILES string of the molecule is Cc1cc(-n2ccc(S(=O)(=O)c3ccccc3)c2)n(-c2ccnc(Cl)c2)n1. The van der Waals surface area contributed by atoms with E-state index in [-0.39, 0.29) is 9.79 Å². The van der Waals surface area contributed by atoms with Crippen LogP contribution in [0.15, 0.2) is 83.0 Å².